The monoisotopic (exact) mass is 295 g/mol. The van der Waals surface area contributed by atoms with Crippen molar-refractivity contribution in [1.29, 1.82) is 0 Å². The number of rotatable bonds is 4. The van der Waals surface area contributed by atoms with Crippen LogP contribution in [0.3, 0.4) is 0 Å². The standard InChI is InChI=1S/C16H13N3OS/c20-16(18-17-11-13-7-10-21-12-13)14-3-5-15(6-4-14)19-8-1-2-9-19/h1-12H,(H,18,20)/b17-11+. The second kappa shape index (κ2) is 6.19. The minimum Gasteiger partial charge on any atom is -0.324 e. The van der Waals surface area contributed by atoms with Gasteiger partial charge in [-0.1, -0.05) is 0 Å². The maximum atomic E-state index is 11.9. The molecule has 0 fully saturated rings. The lowest BCUT2D eigenvalue weighted by Gasteiger charge is -2.04. The van der Waals surface area contributed by atoms with E-state index < -0.39 is 0 Å². The fraction of sp³-hybridized carbons (Fsp3) is 0. The Morgan fingerprint density at radius 1 is 1.14 bits per heavy atom. The molecule has 3 aromatic rings. The van der Waals surface area contributed by atoms with Crippen LogP contribution < -0.4 is 5.43 Å². The molecule has 0 aliphatic heterocycles. The Hall–Kier alpha value is -2.66. The van der Waals surface area contributed by atoms with Gasteiger partial charge in [0.15, 0.2) is 0 Å². The molecular weight excluding hydrogens is 282 g/mol. The van der Waals surface area contributed by atoms with Gasteiger partial charge in [0.25, 0.3) is 5.91 Å². The van der Waals surface area contributed by atoms with Crippen LogP contribution in [0.2, 0.25) is 0 Å². The molecule has 0 atom stereocenters. The predicted molar refractivity (Wildman–Crippen MR) is 85.1 cm³/mol. The first kappa shape index (κ1) is 13.3. The number of carbonyl (C=O) groups is 1. The molecule has 5 heteroatoms. The van der Waals surface area contributed by atoms with Crippen molar-refractivity contribution in [3.8, 4) is 5.69 Å². The average molecular weight is 295 g/mol. The van der Waals surface area contributed by atoms with Gasteiger partial charge in [0, 0.05) is 29.2 Å². The van der Waals surface area contributed by atoms with E-state index in [1.54, 1.807) is 29.7 Å². The van der Waals surface area contributed by atoms with Gasteiger partial charge in [0.2, 0.25) is 0 Å². The lowest BCUT2D eigenvalue weighted by Crippen LogP contribution is -2.17. The van der Waals surface area contributed by atoms with Crippen LogP contribution in [0.15, 0.2) is 70.7 Å². The summed E-state index contributed by atoms with van der Waals surface area (Å²) in [4.78, 5) is 11.9. The predicted octanol–water partition coefficient (Wildman–Crippen LogP) is 3.30. The van der Waals surface area contributed by atoms with Crippen molar-refractivity contribution in [1.82, 2.24) is 9.99 Å². The summed E-state index contributed by atoms with van der Waals surface area (Å²) in [5.41, 5.74) is 5.08. The third kappa shape index (κ3) is 3.27. The number of hydrogen-bond donors (Lipinski definition) is 1. The number of benzene rings is 1. The number of nitrogens with one attached hydrogen (secondary N) is 1. The van der Waals surface area contributed by atoms with Crippen molar-refractivity contribution >= 4 is 23.5 Å². The van der Waals surface area contributed by atoms with Gasteiger partial charge >= 0.3 is 0 Å². The van der Waals surface area contributed by atoms with E-state index in [2.05, 4.69) is 10.5 Å². The van der Waals surface area contributed by atoms with Crippen molar-refractivity contribution in [2.24, 2.45) is 5.10 Å². The molecule has 0 aliphatic carbocycles. The van der Waals surface area contributed by atoms with E-state index in [1.165, 1.54) is 0 Å². The maximum Gasteiger partial charge on any atom is 0.271 e. The third-order valence-corrected chi connectivity index (χ3v) is 3.66. The highest BCUT2D eigenvalue weighted by Gasteiger charge is 2.04. The summed E-state index contributed by atoms with van der Waals surface area (Å²) < 4.78 is 1.98. The van der Waals surface area contributed by atoms with Crippen LogP contribution in [0.4, 0.5) is 0 Å². The first-order valence-corrected chi connectivity index (χ1v) is 7.36. The highest BCUT2D eigenvalue weighted by molar-refractivity contribution is 7.08. The second-order valence-electron chi connectivity index (χ2n) is 4.39. The molecule has 2 aromatic heterocycles. The number of thiophene rings is 1. The van der Waals surface area contributed by atoms with Crippen LogP contribution in [0.5, 0.6) is 0 Å². The molecule has 0 saturated carbocycles. The van der Waals surface area contributed by atoms with E-state index in [0.717, 1.165) is 11.3 Å². The minimum atomic E-state index is -0.222. The summed E-state index contributed by atoms with van der Waals surface area (Å²) in [6.07, 6.45) is 5.54. The molecule has 0 bridgehead atoms. The number of nitrogens with zero attached hydrogens (tertiary/aromatic N) is 2. The Kier molecular flexibility index (Phi) is 3.93. The summed E-state index contributed by atoms with van der Waals surface area (Å²) in [6.45, 7) is 0. The van der Waals surface area contributed by atoms with Gasteiger partial charge in [-0.15, -0.1) is 0 Å². The molecular formula is C16H13N3OS. The van der Waals surface area contributed by atoms with Gasteiger partial charge in [0.1, 0.15) is 0 Å². The highest BCUT2D eigenvalue weighted by atomic mass is 32.1. The number of aromatic nitrogens is 1. The summed E-state index contributed by atoms with van der Waals surface area (Å²) in [6, 6.07) is 13.2. The molecule has 104 valence electrons. The van der Waals surface area contributed by atoms with E-state index in [4.69, 9.17) is 0 Å². The summed E-state index contributed by atoms with van der Waals surface area (Å²) in [7, 11) is 0. The lowest BCUT2D eigenvalue weighted by molar-refractivity contribution is 0.0955. The molecule has 0 aliphatic rings. The molecule has 4 nitrogen and oxygen atoms in total. The average Bonchev–Trinajstić information content (AvgIpc) is 3.21. The van der Waals surface area contributed by atoms with Crippen molar-refractivity contribution in [3.05, 3.63) is 76.7 Å². The van der Waals surface area contributed by atoms with E-state index in [-0.39, 0.29) is 5.91 Å². The zero-order chi connectivity index (χ0) is 14.5. The SMILES string of the molecule is O=C(N/N=C/c1ccsc1)c1ccc(-n2cccc2)cc1. The van der Waals surface area contributed by atoms with Crippen LogP contribution >= 0.6 is 11.3 Å². The molecule has 0 radical (unpaired) electrons. The minimum absolute atomic E-state index is 0.222. The number of hydrazone groups is 1. The van der Waals surface area contributed by atoms with Crippen molar-refractivity contribution in [2.45, 2.75) is 0 Å². The van der Waals surface area contributed by atoms with Crippen molar-refractivity contribution < 1.29 is 4.79 Å². The second-order valence-corrected chi connectivity index (χ2v) is 5.17. The Bertz CT molecular complexity index is 728. The van der Waals surface area contributed by atoms with Crippen molar-refractivity contribution in [2.75, 3.05) is 0 Å². The summed E-state index contributed by atoms with van der Waals surface area (Å²) in [5, 5.41) is 7.86. The van der Waals surface area contributed by atoms with E-state index in [1.807, 2.05) is 58.1 Å². The number of amides is 1. The lowest BCUT2D eigenvalue weighted by atomic mass is 10.2. The van der Waals surface area contributed by atoms with Gasteiger partial charge in [-0.25, -0.2) is 5.43 Å². The van der Waals surface area contributed by atoms with Crippen LogP contribution in [-0.4, -0.2) is 16.7 Å². The number of carbonyl (C=O) groups excluding carboxylic acids is 1. The Balaban J connectivity index is 1.65. The Morgan fingerprint density at radius 2 is 1.90 bits per heavy atom. The summed E-state index contributed by atoms with van der Waals surface area (Å²) >= 11 is 1.59. The molecule has 21 heavy (non-hydrogen) atoms. The van der Waals surface area contributed by atoms with Crippen LogP contribution in [0, 0.1) is 0 Å². The molecule has 1 amide bonds. The zero-order valence-electron chi connectivity index (χ0n) is 11.1. The molecule has 1 aromatic carbocycles. The van der Waals surface area contributed by atoms with Crippen molar-refractivity contribution in [3.63, 3.8) is 0 Å². The van der Waals surface area contributed by atoms with E-state index in [9.17, 15) is 4.79 Å². The van der Waals surface area contributed by atoms with Crippen LogP contribution in [-0.2, 0) is 0 Å². The fourth-order valence-corrected chi connectivity index (χ4v) is 2.48. The van der Waals surface area contributed by atoms with E-state index in [0.29, 0.717) is 5.56 Å². The summed E-state index contributed by atoms with van der Waals surface area (Å²) in [5.74, 6) is -0.222. The highest BCUT2D eigenvalue weighted by Crippen LogP contribution is 2.10. The largest absolute Gasteiger partial charge is 0.324 e. The molecule has 0 spiro atoms. The molecule has 1 N–H and O–H groups in total. The molecule has 0 unspecified atom stereocenters. The molecule has 2 heterocycles. The van der Waals surface area contributed by atoms with Gasteiger partial charge in [-0.2, -0.15) is 16.4 Å². The zero-order valence-corrected chi connectivity index (χ0v) is 12.0. The smallest absolute Gasteiger partial charge is 0.271 e. The molecule has 0 saturated heterocycles. The maximum absolute atomic E-state index is 11.9. The first-order valence-electron chi connectivity index (χ1n) is 6.42. The van der Waals surface area contributed by atoms with Crippen LogP contribution in [0.1, 0.15) is 15.9 Å². The molecule has 3 rings (SSSR count). The fourth-order valence-electron chi connectivity index (χ4n) is 1.87. The normalized spacial score (nSPS) is 10.9. The Labute approximate surface area is 126 Å². The van der Waals surface area contributed by atoms with Gasteiger partial charge in [0.05, 0.1) is 6.21 Å². The van der Waals surface area contributed by atoms with Gasteiger partial charge in [-0.3, -0.25) is 4.79 Å². The Morgan fingerprint density at radius 3 is 2.57 bits per heavy atom. The quantitative estimate of drug-likeness (QED) is 0.582. The topological polar surface area (TPSA) is 46.4 Å². The van der Waals surface area contributed by atoms with Gasteiger partial charge < -0.3 is 4.57 Å². The van der Waals surface area contributed by atoms with E-state index >= 15 is 0 Å². The third-order valence-electron chi connectivity index (χ3n) is 2.95. The first-order chi connectivity index (χ1) is 10.3. The van der Waals surface area contributed by atoms with Crippen LogP contribution in [0.25, 0.3) is 5.69 Å². The van der Waals surface area contributed by atoms with Gasteiger partial charge in [-0.05, 0) is 53.2 Å². The number of hydrogen-bond acceptors (Lipinski definition) is 3.